The van der Waals surface area contributed by atoms with E-state index in [-0.39, 0.29) is 0 Å². The van der Waals surface area contributed by atoms with E-state index < -0.39 is 0 Å². The van der Waals surface area contributed by atoms with E-state index in [1.54, 1.807) is 0 Å². The molecule has 2 bridgehead atoms. The molecule has 1 N–H and O–H groups in total. The van der Waals surface area contributed by atoms with E-state index in [4.69, 9.17) is 4.74 Å². The quantitative estimate of drug-likeness (QED) is 0.521. The monoisotopic (exact) mass is 129 g/mol. The van der Waals surface area contributed by atoms with Crippen LogP contribution in [0.2, 0.25) is 0 Å². The maximum atomic E-state index is 5.29. The van der Waals surface area contributed by atoms with Crippen LogP contribution in [0.15, 0.2) is 0 Å². The van der Waals surface area contributed by atoms with Crippen LogP contribution in [0.4, 0.5) is 0 Å². The first-order valence-electron chi connectivity index (χ1n) is 3.80. The molecule has 2 saturated heterocycles. The lowest BCUT2D eigenvalue weighted by Crippen LogP contribution is -2.30. The third-order valence-electron chi connectivity index (χ3n) is 1.71. The fourth-order valence-electron chi connectivity index (χ4n) is 1.29. The summed E-state index contributed by atoms with van der Waals surface area (Å²) in [5, 5.41) is 3.33. The summed E-state index contributed by atoms with van der Waals surface area (Å²) < 4.78 is 5.29. The van der Waals surface area contributed by atoms with Gasteiger partial charge in [-0.1, -0.05) is 13.8 Å². The molecule has 1 unspecified atom stereocenters. The van der Waals surface area contributed by atoms with Gasteiger partial charge in [0, 0.05) is 12.6 Å². The first kappa shape index (κ1) is 7.03. The van der Waals surface area contributed by atoms with Crippen LogP contribution in [0.5, 0.6) is 0 Å². The van der Waals surface area contributed by atoms with Crippen LogP contribution in [0.1, 0.15) is 20.3 Å². The number of ether oxygens (including phenoxy) is 1. The van der Waals surface area contributed by atoms with E-state index in [1.165, 1.54) is 6.42 Å². The molecule has 2 aliphatic rings. The minimum atomic E-state index is 0.560. The van der Waals surface area contributed by atoms with Crippen LogP contribution in [-0.4, -0.2) is 25.3 Å². The lowest BCUT2D eigenvalue weighted by Gasteiger charge is -2.09. The van der Waals surface area contributed by atoms with E-state index in [1.807, 2.05) is 13.8 Å². The van der Waals surface area contributed by atoms with Gasteiger partial charge in [0.1, 0.15) is 0 Å². The normalized spacial score (nSPS) is 38.0. The first-order chi connectivity index (χ1) is 4.45. The second kappa shape index (κ2) is 3.18. The lowest BCUT2D eigenvalue weighted by atomic mass is 10.3. The Morgan fingerprint density at radius 3 is 2.33 bits per heavy atom. The number of morpholine rings is 1. The fraction of sp³-hybridized carbons (Fsp3) is 1.00. The average Bonchev–Trinajstić information content (AvgIpc) is 2.53. The third kappa shape index (κ3) is 1.43. The molecule has 9 heavy (non-hydrogen) atoms. The van der Waals surface area contributed by atoms with Crippen molar-refractivity contribution >= 4 is 0 Å². The van der Waals surface area contributed by atoms with Crippen molar-refractivity contribution in [3.8, 4) is 0 Å². The highest BCUT2D eigenvalue weighted by molar-refractivity contribution is 4.87. The molecule has 0 aromatic carbocycles. The summed E-state index contributed by atoms with van der Waals surface area (Å²) in [7, 11) is 0. The van der Waals surface area contributed by atoms with Crippen molar-refractivity contribution in [2.45, 2.75) is 32.4 Å². The Labute approximate surface area is 56.6 Å². The second-order valence-corrected chi connectivity index (χ2v) is 2.30. The molecule has 0 saturated carbocycles. The topological polar surface area (TPSA) is 21.3 Å². The summed E-state index contributed by atoms with van der Waals surface area (Å²) in [5.74, 6) is 0. The van der Waals surface area contributed by atoms with Gasteiger partial charge in [-0.3, -0.25) is 0 Å². The van der Waals surface area contributed by atoms with Crippen molar-refractivity contribution in [3.05, 3.63) is 0 Å². The number of hydrogen-bond acceptors (Lipinski definition) is 2. The van der Waals surface area contributed by atoms with Crippen LogP contribution < -0.4 is 5.32 Å². The summed E-state index contributed by atoms with van der Waals surface area (Å²) in [6, 6.07) is 0.699. The van der Waals surface area contributed by atoms with E-state index in [0.29, 0.717) is 12.1 Å². The van der Waals surface area contributed by atoms with Crippen LogP contribution in [0, 0.1) is 0 Å². The third-order valence-corrected chi connectivity index (χ3v) is 1.71. The van der Waals surface area contributed by atoms with Crippen molar-refractivity contribution in [2.75, 3.05) is 13.2 Å². The van der Waals surface area contributed by atoms with Gasteiger partial charge in [-0.05, 0) is 6.42 Å². The van der Waals surface area contributed by atoms with Gasteiger partial charge in [0.2, 0.25) is 0 Å². The summed E-state index contributed by atoms with van der Waals surface area (Å²) in [4.78, 5) is 0. The Bertz CT molecular complexity index is 67.0. The van der Waals surface area contributed by atoms with Crippen LogP contribution in [0.3, 0.4) is 0 Å². The van der Waals surface area contributed by atoms with E-state index in [2.05, 4.69) is 5.32 Å². The van der Waals surface area contributed by atoms with Crippen LogP contribution in [0.25, 0.3) is 0 Å². The highest BCUT2D eigenvalue weighted by atomic mass is 16.5. The van der Waals surface area contributed by atoms with Gasteiger partial charge in [0.25, 0.3) is 0 Å². The molecule has 0 radical (unpaired) electrons. The molecule has 2 heterocycles. The summed E-state index contributed by atoms with van der Waals surface area (Å²) >= 11 is 0. The van der Waals surface area contributed by atoms with Crippen molar-refractivity contribution in [1.29, 1.82) is 0 Å². The second-order valence-electron chi connectivity index (χ2n) is 2.30. The lowest BCUT2D eigenvalue weighted by molar-refractivity contribution is 0.0892. The predicted octanol–water partition coefficient (Wildman–Crippen LogP) is 0.773. The number of fused-ring (bicyclic) bond motifs is 2. The molecule has 2 rings (SSSR count). The Morgan fingerprint density at radius 1 is 1.44 bits per heavy atom. The van der Waals surface area contributed by atoms with Gasteiger partial charge >= 0.3 is 0 Å². The highest BCUT2D eigenvalue weighted by Gasteiger charge is 2.31. The minimum Gasteiger partial charge on any atom is -0.375 e. The van der Waals surface area contributed by atoms with E-state index in [0.717, 1.165) is 13.2 Å². The van der Waals surface area contributed by atoms with Gasteiger partial charge in [-0.15, -0.1) is 0 Å². The molecule has 54 valence electrons. The number of nitrogens with one attached hydrogen (secondary N) is 1. The van der Waals surface area contributed by atoms with Crippen molar-refractivity contribution in [1.82, 2.24) is 5.32 Å². The predicted molar refractivity (Wildman–Crippen MR) is 37.5 cm³/mol. The molecule has 2 nitrogen and oxygen atoms in total. The molecule has 0 aliphatic carbocycles. The highest BCUT2D eigenvalue weighted by Crippen LogP contribution is 2.17. The fourth-order valence-corrected chi connectivity index (χ4v) is 1.29. The summed E-state index contributed by atoms with van der Waals surface area (Å²) in [6.07, 6.45) is 1.81. The Kier molecular flexibility index (Phi) is 2.49. The maximum absolute atomic E-state index is 5.29. The van der Waals surface area contributed by atoms with Gasteiger partial charge in [-0.25, -0.2) is 0 Å². The molecular formula is C7H15NO. The van der Waals surface area contributed by atoms with E-state index >= 15 is 0 Å². The molecule has 2 fully saturated rings. The molecular weight excluding hydrogens is 114 g/mol. The molecule has 0 amide bonds. The zero-order valence-corrected chi connectivity index (χ0v) is 6.18. The Hall–Kier alpha value is -0.0800. The first-order valence-corrected chi connectivity index (χ1v) is 3.80. The van der Waals surface area contributed by atoms with Crippen molar-refractivity contribution < 1.29 is 4.74 Å². The summed E-state index contributed by atoms with van der Waals surface area (Å²) in [6.45, 7) is 6.04. The van der Waals surface area contributed by atoms with Crippen molar-refractivity contribution in [2.24, 2.45) is 0 Å². The van der Waals surface area contributed by atoms with Gasteiger partial charge in [0.15, 0.2) is 0 Å². The molecule has 0 aromatic rings. The van der Waals surface area contributed by atoms with Crippen molar-refractivity contribution in [3.63, 3.8) is 0 Å². The minimum absolute atomic E-state index is 0.560. The standard InChI is InChI=1S/C5H9NO.C2H6/c1-4-3-7-5(1)2-6-4;1-2/h4-6H,1-3H2;1-2H3/t4?,5-;/m0./s1. The Morgan fingerprint density at radius 2 is 2.22 bits per heavy atom. The van der Waals surface area contributed by atoms with Gasteiger partial charge < -0.3 is 10.1 Å². The average molecular weight is 129 g/mol. The zero-order chi connectivity index (χ0) is 6.69. The van der Waals surface area contributed by atoms with E-state index in [9.17, 15) is 0 Å². The molecule has 0 spiro atoms. The number of rotatable bonds is 0. The largest absolute Gasteiger partial charge is 0.375 e. The molecule has 0 aromatic heterocycles. The molecule has 2 heteroatoms. The smallest absolute Gasteiger partial charge is 0.0716 e. The summed E-state index contributed by atoms with van der Waals surface area (Å²) in [5.41, 5.74) is 0. The molecule has 2 atom stereocenters. The van der Waals surface area contributed by atoms with Crippen LogP contribution >= 0.6 is 0 Å². The van der Waals surface area contributed by atoms with Gasteiger partial charge in [0.05, 0.1) is 12.7 Å². The molecule has 2 aliphatic heterocycles. The zero-order valence-electron chi connectivity index (χ0n) is 6.18. The van der Waals surface area contributed by atoms with Crippen LogP contribution in [-0.2, 0) is 4.74 Å². The Balaban J connectivity index is 0.000000186. The van der Waals surface area contributed by atoms with Gasteiger partial charge in [-0.2, -0.15) is 0 Å². The SMILES string of the molecule is C1O[C@@H]2CNC1C2.CC. The maximum Gasteiger partial charge on any atom is 0.0716 e. The number of hydrogen-bond donors (Lipinski definition) is 1.